The van der Waals surface area contributed by atoms with Crippen LogP contribution in [-0.2, 0) is 0 Å². The maximum absolute atomic E-state index is 4.47. The predicted molar refractivity (Wildman–Crippen MR) is 68.0 cm³/mol. The number of hydrogen-bond acceptors (Lipinski definition) is 3. The predicted octanol–water partition coefficient (Wildman–Crippen LogP) is 3.40. The quantitative estimate of drug-likeness (QED) is 0.772. The largest absolute Gasteiger partial charge is 0.344 e. The van der Waals surface area contributed by atoms with Crippen LogP contribution in [0.25, 0.3) is 0 Å². The second-order valence-corrected chi connectivity index (χ2v) is 4.52. The minimum atomic E-state index is 0.977. The van der Waals surface area contributed by atoms with Gasteiger partial charge in [0.2, 0.25) is 0 Å². The second kappa shape index (κ2) is 5.21. The van der Waals surface area contributed by atoms with Gasteiger partial charge in [-0.25, -0.2) is 0 Å². The highest BCUT2D eigenvalue weighted by molar-refractivity contribution is 7.98. The monoisotopic (exact) mass is 220 g/mol. The van der Waals surface area contributed by atoms with Crippen molar-refractivity contribution >= 4 is 23.3 Å². The lowest BCUT2D eigenvalue weighted by molar-refractivity contribution is 0.737. The van der Waals surface area contributed by atoms with Gasteiger partial charge in [-0.1, -0.05) is 0 Å². The first-order valence-corrected chi connectivity index (χ1v) is 6.55. The van der Waals surface area contributed by atoms with Crippen LogP contribution in [0.15, 0.2) is 34.2 Å². The van der Waals surface area contributed by atoms with Crippen molar-refractivity contribution in [3.05, 3.63) is 24.3 Å². The van der Waals surface area contributed by atoms with Crippen LogP contribution in [0.1, 0.15) is 19.3 Å². The van der Waals surface area contributed by atoms with E-state index in [1.165, 1.54) is 17.7 Å². The summed E-state index contributed by atoms with van der Waals surface area (Å²) in [6.07, 6.45) is 5.67. The Kier molecular flexibility index (Phi) is 3.67. The lowest BCUT2D eigenvalue weighted by Gasteiger charge is -2.13. The van der Waals surface area contributed by atoms with E-state index in [9.17, 15) is 0 Å². The second-order valence-electron chi connectivity index (χ2n) is 3.64. The van der Waals surface area contributed by atoms with Crippen LogP contribution in [0, 0.1) is 0 Å². The smallest absolute Gasteiger partial charge is 0.101 e. The van der Waals surface area contributed by atoms with Gasteiger partial charge < -0.3 is 5.32 Å². The van der Waals surface area contributed by atoms with Crippen LogP contribution in [0.5, 0.6) is 0 Å². The summed E-state index contributed by atoms with van der Waals surface area (Å²) in [7, 11) is 0. The number of anilines is 1. The van der Waals surface area contributed by atoms with Crippen LogP contribution in [0.3, 0.4) is 0 Å². The number of benzene rings is 1. The van der Waals surface area contributed by atoms with Crippen LogP contribution >= 0.6 is 11.8 Å². The van der Waals surface area contributed by atoms with Crippen molar-refractivity contribution in [1.29, 1.82) is 0 Å². The summed E-state index contributed by atoms with van der Waals surface area (Å²) >= 11 is 1.77. The van der Waals surface area contributed by atoms with Crippen LogP contribution in [0.4, 0.5) is 5.69 Å². The van der Waals surface area contributed by atoms with Gasteiger partial charge >= 0.3 is 0 Å². The van der Waals surface area contributed by atoms with E-state index in [1.807, 2.05) is 0 Å². The molecule has 80 valence electrons. The van der Waals surface area contributed by atoms with Crippen molar-refractivity contribution < 1.29 is 0 Å². The summed E-state index contributed by atoms with van der Waals surface area (Å²) in [5.74, 6) is 1.14. The molecule has 0 saturated carbocycles. The highest BCUT2D eigenvalue weighted by Gasteiger charge is 2.04. The summed E-state index contributed by atoms with van der Waals surface area (Å²) in [5.41, 5.74) is 1.15. The van der Waals surface area contributed by atoms with Crippen LogP contribution in [-0.4, -0.2) is 18.6 Å². The fraction of sp³-hybridized carbons (Fsp3) is 0.417. The first-order chi connectivity index (χ1) is 7.38. The first-order valence-electron chi connectivity index (χ1n) is 5.33. The van der Waals surface area contributed by atoms with Crippen molar-refractivity contribution in [3.63, 3.8) is 0 Å². The molecule has 15 heavy (non-hydrogen) atoms. The van der Waals surface area contributed by atoms with Gasteiger partial charge in [-0.3, -0.25) is 4.99 Å². The fourth-order valence-corrected chi connectivity index (χ4v) is 2.05. The molecule has 1 N–H and O–H groups in total. The summed E-state index contributed by atoms with van der Waals surface area (Å²) in [4.78, 5) is 5.76. The van der Waals surface area contributed by atoms with E-state index in [4.69, 9.17) is 0 Å². The Morgan fingerprint density at radius 1 is 1.20 bits per heavy atom. The molecule has 0 bridgehead atoms. The molecule has 1 aliphatic heterocycles. The summed E-state index contributed by atoms with van der Waals surface area (Å²) < 4.78 is 0. The van der Waals surface area contributed by atoms with Crippen molar-refractivity contribution in [2.75, 3.05) is 18.1 Å². The molecule has 0 unspecified atom stereocenters. The highest BCUT2D eigenvalue weighted by atomic mass is 32.2. The van der Waals surface area contributed by atoms with E-state index < -0.39 is 0 Å². The third-order valence-electron chi connectivity index (χ3n) is 2.50. The van der Waals surface area contributed by atoms with E-state index in [0.717, 1.165) is 24.5 Å². The zero-order valence-electron chi connectivity index (χ0n) is 8.99. The minimum Gasteiger partial charge on any atom is -0.344 e. The molecule has 0 amide bonds. The summed E-state index contributed by atoms with van der Waals surface area (Å²) in [5, 5.41) is 3.37. The van der Waals surface area contributed by atoms with Crippen LogP contribution in [0.2, 0.25) is 0 Å². The molecule has 0 aliphatic carbocycles. The lowest BCUT2D eigenvalue weighted by Crippen LogP contribution is -2.15. The third-order valence-corrected chi connectivity index (χ3v) is 3.25. The lowest BCUT2D eigenvalue weighted by atomic mass is 10.2. The van der Waals surface area contributed by atoms with Gasteiger partial charge in [0.1, 0.15) is 5.84 Å². The number of hydrogen-bond donors (Lipinski definition) is 1. The molecule has 1 heterocycles. The SMILES string of the molecule is CSc1ccc(NC2=NCCCC2)cc1. The van der Waals surface area contributed by atoms with E-state index in [-0.39, 0.29) is 0 Å². The van der Waals surface area contributed by atoms with Gasteiger partial charge in [0.15, 0.2) is 0 Å². The summed E-state index contributed by atoms with van der Waals surface area (Å²) in [6, 6.07) is 8.50. The molecule has 0 saturated heterocycles. The highest BCUT2D eigenvalue weighted by Crippen LogP contribution is 2.18. The van der Waals surface area contributed by atoms with E-state index >= 15 is 0 Å². The van der Waals surface area contributed by atoms with Crippen molar-refractivity contribution in [1.82, 2.24) is 0 Å². The Morgan fingerprint density at radius 3 is 2.60 bits per heavy atom. The minimum absolute atomic E-state index is 0.977. The summed E-state index contributed by atoms with van der Waals surface area (Å²) in [6.45, 7) is 0.977. The number of aliphatic imine (C=N–C) groups is 1. The first kappa shape index (κ1) is 10.6. The van der Waals surface area contributed by atoms with Gasteiger partial charge in [0, 0.05) is 23.5 Å². The molecule has 2 rings (SSSR count). The Balaban J connectivity index is 2.00. The number of nitrogens with one attached hydrogen (secondary N) is 1. The maximum Gasteiger partial charge on any atom is 0.101 e. The number of nitrogens with zero attached hydrogens (tertiary/aromatic N) is 1. The van der Waals surface area contributed by atoms with Crippen molar-refractivity contribution in [2.24, 2.45) is 4.99 Å². The maximum atomic E-state index is 4.47. The average molecular weight is 220 g/mol. The molecular formula is C12H16N2S. The van der Waals surface area contributed by atoms with Crippen molar-refractivity contribution in [2.45, 2.75) is 24.2 Å². The van der Waals surface area contributed by atoms with Gasteiger partial charge in [-0.05, 0) is 43.4 Å². The third kappa shape index (κ3) is 2.99. The molecule has 0 radical (unpaired) electrons. The number of thioether (sulfide) groups is 1. The molecular weight excluding hydrogens is 204 g/mol. The van der Waals surface area contributed by atoms with Crippen LogP contribution < -0.4 is 5.32 Å². The molecule has 0 spiro atoms. The fourth-order valence-electron chi connectivity index (χ4n) is 1.64. The van der Waals surface area contributed by atoms with E-state index in [0.29, 0.717) is 0 Å². The standard InChI is InChI=1S/C12H16N2S/c1-15-11-7-5-10(6-8-11)14-12-4-2-3-9-13-12/h5-8H,2-4,9H2,1H3,(H,13,14). The zero-order valence-corrected chi connectivity index (χ0v) is 9.81. The Morgan fingerprint density at radius 2 is 2.00 bits per heavy atom. The van der Waals surface area contributed by atoms with E-state index in [1.54, 1.807) is 11.8 Å². The zero-order chi connectivity index (χ0) is 10.5. The Hall–Kier alpha value is -0.960. The molecule has 0 fully saturated rings. The van der Waals surface area contributed by atoms with Gasteiger partial charge in [0.05, 0.1) is 0 Å². The van der Waals surface area contributed by atoms with Gasteiger partial charge in [0.25, 0.3) is 0 Å². The normalized spacial score (nSPS) is 15.9. The number of amidine groups is 1. The molecule has 2 nitrogen and oxygen atoms in total. The number of rotatable bonds is 2. The van der Waals surface area contributed by atoms with Crippen molar-refractivity contribution in [3.8, 4) is 0 Å². The molecule has 1 aromatic carbocycles. The van der Waals surface area contributed by atoms with Gasteiger partial charge in [-0.15, -0.1) is 11.8 Å². The molecule has 0 aromatic heterocycles. The van der Waals surface area contributed by atoms with Gasteiger partial charge in [-0.2, -0.15) is 0 Å². The molecule has 3 heteroatoms. The Labute approximate surface area is 95.2 Å². The molecule has 0 atom stereocenters. The average Bonchev–Trinajstić information content (AvgIpc) is 2.31. The van der Waals surface area contributed by atoms with E-state index in [2.05, 4.69) is 40.8 Å². The molecule has 1 aliphatic rings. The molecule has 1 aromatic rings. The topological polar surface area (TPSA) is 24.4 Å². The Bertz CT molecular complexity index is 343.